The number of benzene rings is 3. The van der Waals surface area contributed by atoms with Crippen LogP contribution in [0.2, 0.25) is 5.02 Å². The molecule has 52 heavy (non-hydrogen) atoms. The number of aromatic hydroxyl groups is 1. The van der Waals surface area contributed by atoms with Crippen LogP contribution in [-0.2, 0) is 17.9 Å². The number of amides is 1. The van der Waals surface area contributed by atoms with Gasteiger partial charge in [-0.05, 0) is 74.5 Å². The zero-order valence-corrected chi connectivity index (χ0v) is 29.6. The number of likely N-dealkylation sites (N-methyl/N-ethyl adjacent to an activating group) is 1. The Labute approximate surface area is 305 Å². The zero-order chi connectivity index (χ0) is 36.2. The number of hydrogen-bond donors (Lipinski definition) is 2. The van der Waals surface area contributed by atoms with Gasteiger partial charge in [-0.1, -0.05) is 47.7 Å². The third kappa shape index (κ3) is 7.32. The third-order valence-electron chi connectivity index (χ3n) is 9.33. The Bertz CT molecular complexity index is 2400. The number of nitrogens with two attached hydrogens (primary N) is 1. The lowest BCUT2D eigenvalue weighted by Gasteiger charge is -2.20. The maximum Gasteiger partial charge on any atom is 0.263 e. The molecule has 1 fully saturated rings. The van der Waals surface area contributed by atoms with Crippen molar-refractivity contribution in [3.8, 4) is 28.8 Å². The molecule has 7 rings (SSSR count). The highest BCUT2D eigenvalue weighted by atomic mass is 35.5. The molecule has 12 nitrogen and oxygen atoms in total. The van der Waals surface area contributed by atoms with Gasteiger partial charge in [0.2, 0.25) is 5.91 Å². The molecule has 0 bridgehead atoms. The van der Waals surface area contributed by atoms with Crippen LogP contribution in [0.25, 0.3) is 33.2 Å². The summed E-state index contributed by atoms with van der Waals surface area (Å²) in [6.45, 7) is 3.68. The van der Waals surface area contributed by atoms with Crippen LogP contribution in [0, 0.1) is 11.8 Å². The summed E-state index contributed by atoms with van der Waals surface area (Å²) in [5, 5.41) is 16.2. The Hall–Kier alpha value is -5.77. The lowest BCUT2D eigenvalue weighted by molar-refractivity contribution is -0.131. The van der Waals surface area contributed by atoms with E-state index in [0.717, 1.165) is 38.2 Å². The molecule has 13 heteroatoms. The van der Waals surface area contributed by atoms with Gasteiger partial charge in [0, 0.05) is 48.6 Å². The maximum atomic E-state index is 14.5. The first kappa shape index (κ1) is 34.7. The molecule has 264 valence electrons. The van der Waals surface area contributed by atoms with E-state index in [1.54, 1.807) is 45.6 Å². The minimum atomic E-state index is -0.268. The van der Waals surface area contributed by atoms with Crippen LogP contribution in [0.15, 0.2) is 77.9 Å². The van der Waals surface area contributed by atoms with Crippen molar-refractivity contribution in [1.82, 2.24) is 39.1 Å². The topological polar surface area (TPSA) is 148 Å². The lowest BCUT2D eigenvalue weighted by Crippen LogP contribution is -2.34. The summed E-state index contributed by atoms with van der Waals surface area (Å²) in [5.41, 5.74) is 9.60. The summed E-state index contributed by atoms with van der Waals surface area (Å²) in [7, 11) is 2.09. The molecule has 3 aromatic carbocycles. The van der Waals surface area contributed by atoms with Crippen molar-refractivity contribution in [3.05, 3.63) is 105 Å². The quantitative estimate of drug-likeness (QED) is 0.165. The molecule has 0 radical (unpaired) electrons. The normalized spacial score (nSPS) is 13.6. The first-order valence-electron chi connectivity index (χ1n) is 17.2. The summed E-state index contributed by atoms with van der Waals surface area (Å²) in [5.74, 6) is 7.36. The number of nitrogens with zero attached hydrogens (tertiary/aromatic N) is 8. The van der Waals surface area contributed by atoms with E-state index in [1.807, 2.05) is 35.2 Å². The second-order valence-corrected chi connectivity index (χ2v) is 13.3. The van der Waals surface area contributed by atoms with E-state index in [1.165, 1.54) is 6.33 Å². The van der Waals surface area contributed by atoms with Crippen molar-refractivity contribution in [2.45, 2.75) is 38.8 Å². The minimum Gasteiger partial charge on any atom is -0.508 e. The number of unbranched alkanes of at least 4 members (excludes halogenated alkanes) is 1. The van der Waals surface area contributed by atoms with Gasteiger partial charge < -0.3 is 20.6 Å². The fraction of sp³-hybridized carbons (Fsp3) is 0.282. The van der Waals surface area contributed by atoms with Crippen molar-refractivity contribution < 1.29 is 9.90 Å². The van der Waals surface area contributed by atoms with E-state index >= 15 is 0 Å². The number of rotatable bonds is 8. The molecule has 0 aliphatic carbocycles. The highest BCUT2D eigenvalue weighted by molar-refractivity contribution is 6.31. The molecule has 4 heterocycles. The molecule has 1 aliphatic heterocycles. The van der Waals surface area contributed by atoms with Crippen LogP contribution in [0.1, 0.15) is 42.6 Å². The number of anilines is 1. The van der Waals surface area contributed by atoms with Crippen molar-refractivity contribution in [2.75, 3.05) is 39.0 Å². The van der Waals surface area contributed by atoms with Gasteiger partial charge in [-0.25, -0.2) is 19.6 Å². The number of phenolic OH excluding ortho intramolecular Hbond substituents is 1. The molecule has 1 amide bonds. The fourth-order valence-corrected chi connectivity index (χ4v) is 6.73. The molecule has 0 spiro atoms. The predicted octanol–water partition coefficient (Wildman–Crippen LogP) is 4.93. The molecule has 0 saturated carbocycles. The van der Waals surface area contributed by atoms with Crippen molar-refractivity contribution in [1.29, 1.82) is 0 Å². The Morgan fingerprint density at radius 2 is 1.79 bits per heavy atom. The van der Waals surface area contributed by atoms with Crippen LogP contribution in [-0.4, -0.2) is 83.3 Å². The SMILES string of the molecule is CN1CCCN(C(=O)CCCC#Cc2cccc3nc(Cn4nc(-c5ccc(O)cc5)c5c(N)ncnc54)n(Cc4ccccc4Cl)c(=O)c23)CC1. The predicted molar refractivity (Wildman–Crippen MR) is 202 cm³/mol. The molecule has 3 aromatic heterocycles. The van der Waals surface area contributed by atoms with E-state index in [9.17, 15) is 14.7 Å². The smallest absolute Gasteiger partial charge is 0.263 e. The van der Waals surface area contributed by atoms with Crippen LogP contribution < -0.4 is 11.3 Å². The van der Waals surface area contributed by atoms with Gasteiger partial charge in [0.15, 0.2) is 5.65 Å². The second-order valence-electron chi connectivity index (χ2n) is 12.9. The van der Waals surface area contributed by atoms with E-state index in [0.29, 0.717) is 68.9 Å². The molecular weight excluding hydrogens is 678 g/mol. The first-order chi connectivity index (χ1) is 25.3. The number of nitrogen functional groups attached to an aromatic ring is 1. The number of phenols is 1. The summed E-state index contributed by atoms with van der Waals surface area (Å²) in [6.07, 6.45) is 3.96. The number of hydrogen-bond acceptors (Lipinski definition) is 9. The highest BCUT2D eigenvalue weighted by Crippen LogP contribution is 2.31. The average molecular weight is 716 g/mol. The standard InChI is InChI=1S/C39H38ClN9O3/c1-46-19-8-20-47(22-21-46)33(51)14-4-2-3-9-26-11-7-13-31-34(26)39(52)48(23-28-10-5-6-12-30(28)40)32(44-31)24-49-38-35(37(41)42-25-43-38)36(45-49)27-15-17-29(50)18-16-27/h5-7,10-13,15-18,25,50H,2,4,8,14,19-24H2,1H3,(H2,41,42,43). The van der Waals surface area contributed by atoms with E-state index in [2.05, 4.69) is 33.8 Å². The lowest BCUT2D eigenvalue weighted by atomic mass is 10.1. The van der Waals surface area contributed by atoms with Gasteiger partial charge in [0.05, 0.1) is 22.8 Å². The van der Waals surface area contributed by atoms with Gasteiger partial charge in [-0.3, -0.25) is 14.2 Å². The number of aromatic nitrogens is 6. The Morgan fingerprint density at radius 3 is 2.62 bits per heavy atom. The van der Waals surface area contributed by atoms with Crippen LogP contribution in [0.4, 0.5) is 5.82 Å². The monoisotopic (exact) mass is 715 g/mol. The highest BCUT2D eigenvalue weighted by Gasteiger charge is 2.21. The summed E-state index contributed by atoms with van der Waals surface area (Å²) < 4.78 is 3.26. The number of carbonyl (C=O) groups excluding carboxylic acids is 1. The van der Waals surface area contributed by atoms with Gasteiger partial charge >= 0.3 is 0 Å². The Balaban J connectivity index is 1.23. The number of fused-ring (bicyclic) bond motifs is 2. The zero-order valence-electron chi connectivity index (χ0n) is 28.8. The first-order valence-corrected chi connectivity index (χ1v) is 17.6. The Morgan fingerprint density at radius 1 is 0.962 bits per heavy atom. The molecule has 6 aromatic rings. The van der Waals surface area contributed by atoms with Gasteiger partial charge in [0.25, 0.3) is 5.56 Å². The molecule has 1 saturated heterocycles. The summed E-state index contributed by atoms with van der Waals surface area (Å²) >= 11 is 6.60. The van der Waals surface area contributed by atoms with Crippen LogP contribution in [0.5, 0.6) is 5.75 Å². The molecule has 0 unspecified atom stereocenters. The summed E-state index contributed by atoms with van der Waals surface area (Å²) in [4.78, 5) is 45.3. The third-order valence-corrected chi connectivity index (χ3v) is 9.70. The summed E-state index contributed by atoms with van der Waals surface area (Å²) in [6, 6.07) is 19.5. The molecule has 0 atom stereocenters. The van der Waals surface area contributed by atoms with Crippen LogP contribution >= 0.6 is 11.6 Å². The number of carbonyl (C=O) groups is 1. The van der Waals surface area contributed by atoms with E-state index < -0.39 is 0 Å². The maximum absolute atomic E-state index is 14.5. The molecular formula is C39H38ClN9O3. The van der Waals surface area contributed by atoms with Gasteiger partial charge in [0.1, 0.15) is 36.0 Å². The second kappa shape index (κ2) is 15.2. The minimum absolute atomic E-state index is 0.0813. The van der Waals surface area contributed by atoms with Gasteiger partial charge in [-0.15, -0.1) is 0 Å². The average Bonchev–Trinajstić information content (AvgIpc) is 3.36. The van der Waals surface area contributed by atoms with Gasteiger partial charge in [-0.2, -0.15) is 5.10 Å². The van der Waals surface area contributed by atoms with Crippen molar-refractivity contribution in [2.24, 2.45) is 0 Å². The van der Waals surface area contributed by atoms with E-state index in [-0.39, 0.29) is 36.1 Å². The largest absolute Gasteiger partial charge is 0.508 e. The fourth-order valence-electron chi connectivity index (χ4n) is 6.53. The molecule has 3 N–H and O–H groups in total. The Kier molecular flexibility index (Phi) is 10.2. The van der Waals surface area contributed by atoms with Crippen LogP contribution in [0.3, 0.4) is 0 Å². The molecule has 1 aliphatic rings. The van der Waals surface area contributed by atoms with E-state index in [4.69, 9.17) is 27.4 Å². The number of halogens is 1. The van der Waals surface area contributed by atoms with Crippen molar-refractivity contribution in [3.63, 3.8) is 0 Å². The van der Waals surface area contributed by atoms with Crippen molar-refractivity contribution >= 4 is 45.3 Å².